The molecule has 1 aromatic carbocycles. The number of hydrogen-bond acceptors (Lipinski definition) is 5. The lowest BCUT2D eigenvalue weighted by Gasteiger charge is -2.13. The summed E-state index contributed by atoms with van der Waals surface area (Å²) in [6, 6.07) is 7.53. The summed E-state index contributed by atoms with van der Waals surface area (Å²) < 4.78 is 15.7. The first-order chi connectivity index (χ1) is 9.27. The molecule has 0 heterocycles. The minimum atomic E-state index is -0.383. The van der Waals surface area contributed by atoms with Crippen molar-refractivity contribution in [2.24, 2.45) is 0 Å². The highest BCUT2D eigenvalue weighted by Gasteiger charge is 2.04. The first-order valence-electron chi connectivity index (χ1n) is 6.41. The molecule has 0 aromatic heterocycles. The maximum absolute atomic E-state index is 9.58. The van der Waals surface area contributed by atoms with E-state index in [4.69, 9.17) is 14.2 Å². The number of methoxy groups -OCH3 is 2. The van der Waals surface area contributed by atoms with Gasteiger partial charge in [-0.2, -0.15) is 0 Å². The third-order valence-corrected chi connectivity index (χ3v) is 2.64. The number of nitrogens with one attached hydrogen (secondary N) is 1. The fourth-order valence-electron chi connectivity index (χ4n) is 1.60. The molecule has 0 fully saturated rings. The standard InChI is InChI=1S/C14H23NO4/c1-17-9-7-12(16)11-15-8-10-19-14-6-4-3-5-13(14)18-2/h3-6,12,15-16H,7-11H2,1-2H3. The van der Waals surface area contributed by atoms with Crippen LogP contribution in [0.15, 0.2) is 24.3 Å². The van der Waals surface area contributed by atoms with E-state index in [9.17, 15) is 5.11 Å². The van der Waals surface area contributed by atoms with Crippen LogP contribution in [0, 0.1) is 0 Å². The largest absolute Gasteiger partial charge is 0.493 e. The zero-order valence-corrected chi connectivity index (χ0v) is 11.6. The summed E-state index contributed by atoms with van der Waals surface area (Å²) in [7, 11) is 3.24. The molecule has 1 rings (SSSR count). The van der Waals surface area contributed by atoms with Gasteiger partial charge in [-0.05, 0) is 18.6 Å². The van der Waals surface area contributed by atoms with Gasteiger partial charge in [0, 0.05) is 26.8 Å². The molecule has 0 aliphatic rings. The zero-order valence-electron chi connectivity index (χ0n) is 11.6. The van der Waals surface area contributed by atoms with Crippen LogP contribution in [0.2, 0.25) is 0 Å². The summed E-state index contributed by atoms with van der Waals surface area (Å²) in [6.45, 7) is 2.30. The van der Waals surface area contributed by atoms with E-state index in [0.29, 0.717) is 32.7 Å². The quantitative estimate of drug-likeness (QED) is 0.622. The highest BCUT2D eigenvalue weighted by Crippen LogP contribution is 2.25. The van der Waals surface area contributed by atoms with Crippen LogP contribution in [0.3, 0.4) is 0 Å². The molecule has 1 aromatic rings. The first kappa shape index (κ1) is 15.8. The molecular formula is C14H23NO4. The van der Waals surface area contributed by atoms with Crippen LogP contribution in [0.25, 0.3) is 0 Å². The van der Waals surface area contributed by atoms with Gasteiger partial charge in [-0.15, -0.1) is 0 Å². The highest BCUT2D eigenvalue weighted by atomic mass is 16.5. The normalized spacial score (nSPS) is 12.2. The van der Waals surface area contributed by atoms with Crippen molar-refractivity contribution in [1.29, 1.82) is 0 Å². The number of hydrogen-bond donors (Lipinski definition) is 2. The van der Waals surface area contributed by atoms with Crippen molar-refractivity contribution in [3.63, 3.8) is 0 Å². The fraction of sp³-hybridized carbons (Fsp3) is 0.571. The van der Waals surface area contributed by atoms with Crippen LogP contribution >= 0.6 is 0 Å². The molecule has 0 saturated carbocycles. The number of benzene rings is 1. The number of rotatable bonds is 10. The predicted molar refractivity (Wildman–Crippen MR) is 73.9 cm³/mol. The Morgan fingerprint density at radius 2 is 1.89 bits per heavy atom. The van der Waals surface area contributed by atoms with E-state index < -0.39 is 0 Å². The van der Waals surface area contributed by atoms with Crippen molar-refractivity contribution in [2.75, 3.05) is 40.5 Å². The number of aliphatic hydroxyl groups is 1. The molecule has 0 aliphatic heterocycles. The van der Waals surface area contributed by atoms with E-state index in [1.54, 1.807) is 14.2 Å². The summed E-state index contributed by atoms with van der Waals surface area (Å²) >= 11 is 0. The minimum absolute atomic E-state index is 0.383. The van der Waals surface area contributed by atoms with Gasteiger partial charge in [-0.1, -0.05) is 12.1 Å². The molecule has 19 heavy (non-hydrogen) atoms. The Morgan fingerprint density at radius 1 is 1.16 bits per heavy atom. The number of aliphatic hydroxyl groups excluding tert-OH is 1. The SMILES string of the molecule is COCCC(O)CNCCOc1ccccc1OC. The lowest BCUT2D eigenvalue weighted by atomic mass is 10.2. The third-order valence-electron chi connectivity index (χ3n) is 2.64. The summed E-state index contributed by atoms with van der Waals surface area (Å²) in [5, 5.41) is 12.7. The number of ether oxygens (including phenoxy) is 3. The maximum Gasteiger partial charge on any atom is 0.161 e. The molecule has 5 heteroatoms. The van der Waals surface area contributed by atoms with Gasteiger partial charge in [-0.3, -0.25) is 0 Å². The van der Waals surface area contributed by atoms with E-state index in [2.05, 4.69) is 5.32 Å². The second-order valence-electron chi connectivity index (χ2n) is 4.14. The predicted octanol–water partition coefficient (Wildman–Crippen LogP) is 1.06. The Hall–Kier alpha value is -1.30. The second kappa shape index (κ2) is 9.61. The molecule has 2 N–H and O–H groups in total. The molecule has 5 nitrogen and oxygen atoms in total. The van der Waals surface area contributed by atoms with E-state index in [1.165, 1.54) is 0 Å². The Morgan fingerprint density at radius 3 is 2.58 bits per heavy atom. The average molecular weight is 269 g/mol. The molecule has 108 valence electrons. The smallest absolute Gasteiger partial charge is 0.161 e. The molecule has 0 radical (unpaired) electrons. The summed E-state index contributed by atoms with van der Waals surface area (Å²) in [4.78, 5) is 0. The van der Waals surface area contributed by atoms with Crippen molar-refractivity contribution in [3.05, 3.63) is 24.3 Å². The average Bonchev–Trinajstić information content (AvgIpc) is 2.45. The van der Waals surface area contributed by atoms with Gasteiger partial charge >= 0.3 is 0 Å². The van der Waals surface area contributed by atoms with E-state index in [0.717, 1.165) is 11.5 Å². The molecule has 1 atom stereocenters. The van der Waals surface area contributed by atoms with Crippen LogP contribution in [0.4, 0.5) is 0 Å². The van der Waals surface area contributed by atoms with Crippen molar-refractivity contribution in [3.8, 4) is 11.5 Å². The van der Waals surface area contributed by atoms with Crippen LogP contribution in [-0.2, 0) is 4.74 Å². The molecular weight excluding hydrogens is 246 g/mol. The van der Waals surface area contributed by atoms with Gasteiger partial charge in [0.15, 0.2) is 11.5 Å². The van der Waals surface area contributed by atoms with Gasteiger partial charge in [0.2, 0.25) is 0 Å². The second-order valence-corrected chi connectivity index (χ2v) is 4.14. The summed E-state index contributed by atoms with van der Waals surface area (Å²) in [5.74, 6) is 1.45. The third kappa shape index (κ3) is 6.42. The van der Waals surface area contributed by atoms with Crippen LogP contribution in [-0.4, -0.2) is 51.7 Å². The van der Waals surface area contributed by atoms with Gasteiger partial charge in [-0.25, -0.2) is 0 Å². The monoisotopic (exact) mass is 269 g/mol. The van der Waals surface area contributed by atoms with Gasteiger partial charge in [0.05, 0.1) is 13.2 Å². The fourth-order valence-corrected chi connectivity index (χ4v) is 1.60. The van der Waals surface area contributed by atoms with Gasteiger partial charge in [0.1, 0.15) is 6.61 Å². The van der Waals surface area contributed by atoms with E-state index >= 15 is 0 Å². The maximum atomic E-state index is 9.58. The van der Waals surface area contributed by atoms with Crippen molar-refractivity contribution >= 4 is 0 Å². The lowest BCUT2D eigenvalue weighted by molar-refractivity contribution is 0.108. The van der Waals surface area contributed by atoms with Gasteiger partial charge in [0.25, 0.3) is 0 Å². The summed E-state index contributed by atoms with van der Waals surface area (Å²) in [5.41, 5.74) is 0. The van der Waals surface area contributed by atoms with Crippen molar-refractivity contribution < 1.29 is 19.3 Å². The van der Waals surface area contributed by atoms with Crippen LogP contribution in [0.1, 0.15) is 6.42 Å². The highest BCUT2D eigenvalue weighted by molar-refractivity contribution is 5.39. The summed E-state index contributed by atoms with van der Waals surface area (Å²) in [6.07, 6.45) is 0.253. The molecule has 0 amide bonds. The molecule has 0 bridgehead atoms. The van der Waals surface area contributed by atoms with Crippen LogP contribution in [0.5, 0.6) is 11.5 Å². The lowest BCUT2D eigenvalue weighted by Crippen LogP contribution is -2.30. The first-order valence-corrected chi connectivity index (χ1v) is 6.41. The van der Waals surface area contributed by atoms with Crippen LogP contribution < -0.4 is 14.8 Å². The Labute approximate surface area is 114 Å². The Balaban J connectivity index is 2.13. The van der Waals surface area contributed by atoms with Gasteiger partial charge < -0.3 is 24.6 Å². The van der Waals surface area contributed by atoms with E-state index in [-0.39, 0.29) is 6.10 Å². The zero-order chi connectivity index (χ0) is 13.9. The minimum Gasteiger partial charge on any atom is -0.493 e. The number of para-hydroxylation sites is 2. The van der Waals surface area contributed by atoms with Crippen molar-refractivity contribution in [1.82, 2.24) is 5.32 Å². The Bertz CT molecular complexity index is 346. The Kier molecular flexibility index (Phi) is 7.97. The van der Waals surface area contributed by atoms with Crippen molar-refractivity contribution in [2.45, 2.75) is 12.5 Å². The molecule has 0 spiro atoms. The molecule has 0 aliphatic carbocycles. The topological polar surface area (TPSA) is 60.0 Å². The van der Waals surface area contributed by atoms with E-state index in [1.807, 2.05) is 24.3 Å². The molecule has 1 unspecified atom stereocenters. The molecule has 0 saturated heterocycles.